The third-order valence-electron chi connectivity index (χ3n) is 6.43. The highest BCUT2D eigenvalue weighted by Crippen LogP contribution is 2.33. The highest BCUT2D eigenvalue weighted by atomic mass is 16.6. The van der Waals surface area contributed by atoms with Gasteiger partial charge in [0.1, 0.15) is 17.7 Å². The molecular weight excluding hydrogens is 478 g/mol. The van der Waals surface area contributed by atoms with Crippen molar-refractivity contribution in [3.8, 4) is 12.3 Å². The van der Waals surface area contributed by atoms with Crippen LogP contribution in [0.3, 0.4) is 0 Å². The summed E-state index contributed by atoms with van der Waals surface area (Å²) < 4.78 is 5.47. The van der Waals surface area contributed by atoms with Crippen LogP contribution in [0.5, 0.6) is 0 Å². The van der Waals surface area contributed by atoms with E-state index in [0.717, 1.165) is 19.3 Å². The van der Waals surface area contributed by atoms with E-state index in [1.165, 1.54) is 0 Å². The zero-order valence-corrected chi connectivity index (χ0v) is 24.9. The molecule has 2 unspecified atom stereocenters. The molecular formula is C31H49N3O4. The van der Waals surface area contributed by atoms with Gasteiger partial charge < -0.3 is 20.3 Å². The van der Waals surface area contributed by atoms with Crippen molar-refractivity contribution < 1.29 is 19.1 Å². The highest BCUT2D eigenvalue weighted by molar-refractivity contribution is 5.92. The smallest absolute Gasteiger partial charge is 0.408 e. The molecule has 2 atom stereocenters. The first-order chi connectivity index (χ1) is 17.7. The molecule has 0 aliphatic heterocycles. The molecule has 0 bridgehead atoms. The maximum absolute atomic E-state index is 14.3. The van der Waals surface area contributed by atoms with E-state index in [0.29, 0.717) is 30.5 Å². The number of carbonyl (C=O) groups excluding carboxylic acids is 3. The number of rotatable bonds is 13. The van der Waals surface area contributed by atoms with Crippen molar-refractivity contribution in [3.05, 3.63) is 35.4 Å². The summed E-state index contributed by atoms with van der Waals surface area (Å²) in [7, 11) is 0. The number of nitrogens with zero attached hydrogens (tertiary/aromatic N) is 1. The fourth-order valence-electron chi connectivity index (χ4n) is 4.12. The van der Waals surface area contributed by atoms with Gasteiger partial charge in [0.25, 0.3) is 0 Å². The quantitative estimate of drug-likeness (QED) is 0.244. The molecule has 1 rings (SSSR count). The molecule has 212 valence electrons. The van der Waals surface area contributed by atoms with Crippen molar-refractivity contribution in [2.24, 2.45) is 5.92 Å². The van der Waals surface area contributed by atoms with Gasteiger partial charge in [-0.2, -0.15) is 0 Å². The van der Waals surface area contributed by atoms with Crippen molar-refractivity contribution in [1.29, 1.82) is 0 Å². The normalized spacial score (nSPS) is 13.3. The van der Waals surface area contributed by atoms with Gasteiger partial charge in [0.05, 0.1) is 0 Å². The van der Waals surface area contributed by atoms with Crippen LogP contribution in [0.4, 0.5) is 4.79 Å². The SMILES string of the molecule is C#Cc1ccc(C(C(=O)NCCCCC)N(C(=O)C(CC(C)C)NC(=O)OC(C)(C)C)C(C)(C)CC)cc1. The monoisotopic (exact) mass is 527 g/mol. The molecule has 0 radical (unpaired) electrons. The fourth-order valence-corrected chi connectivity index (χ4v) is 4.12. The van der Waals surface area contributed by atoms with E-state index in [1.807, 2.05) is 34.6 Å². The number of terminal acetylenes is 1. The Balaban J connectivity index is 3.59. The lowest BCUT2D eigenvalue weighted by Gasteiger charge is -2.44. The maximum atomic E-state index is 14.3. The van der Waals surface area contributed by atoms with E-state index in [9.17, 15) is 14.4 Å². The van der Waals surface area contributed by atoms with E-state index >= 15 is 0 Å². The Hall–Kier alpha value is -3.01. The van der Waals surface area contributed by atoms with E-state index in [2.05, 4.69) is 23.5 Å². The van der Waals surface area contributed by atoms with Crippen molar-refractivity contribution in [1.82, 2.24) is 15.5 Å². The van der Waals surface area contributed by atoms with Gasteiger partial charge in [0.15, 0.2) is 0 Å². The summed E-state index contributed by atoms with van der Waals surface area (Å²) in [6.45, 7) is 17.8. The van der Waals surface area contributed by atoms with Gasteiger partial charge in [-0.25, -0.2) is 4.79 Å². The zero-order chi connectivity index (χ0) is 29.1. The Labute approximate surface area is 230 Å². The first-order valence-corrected chi connectivity index (χ1v) is 13.8. The van der Waals surface area contributed by atoms with E-state index < -0.39 is 29.3 Å². The molecule has 0 spiro atoms. The second-order valence-electron chi connectivity index (χ2n) is 11.9. The van der Waals surface area contributed by atoms with Crippen LogP contribution in [0.2, 0.25) is 0 Å². The molecule has 0 aromatic heterocycles. The number of ether oxygens (including phenoxy) is 1. The molecule has 2 N–H and O–H groups in total. The molecule has 7 heteroatoms. The third-order valence-corrected chi connectivity index (χ3v) is 6.43. The lowest BCUT2D eigenvalue weighted by molar-refractivity contribution is -0.149. The summed E-state index contributed by atoms with van der Waals surface area (Å²) in [5, 5.41) is 5.84. The number of alkyl carbamates (subject to hydrolysis) is 1. The van der Waals surface area contributed by atoms with Gasteiger partial charge in [-0.3, -0.25) is 9.59 Å². The van der Waals surface area contributed by atoms with Crippen LogP contribution in [-0.4, -0.2) is 46.5 Å². The highest BCUT2D eigenvalue weighted by Gasteiger charge is 2.43. The van der Waals surface area contributed by atoms with Crippen LogP contribution >= 0.6 is 0 Å². The molecule has 0 saturated carbocycles. The Morgan fingerprint density at radius 3 is 2.11 bits per heavy atom. The Bertz CT molecular complexity index is 955. The van der Waals surface area contributed by atoms with E-state index in [4.69, 9.17) is 11.2 Å². The molecule has 7 nitrogen and oxygen atoms in total. The summed E-state index contributed by atoms with van der Waals surface area (Å²) in [5.74, 6) is 2.13. The summed E-state index contributed by atoms with van der Waals surface area (Å²) in [6.07, 6.45) is 8.78. The number of hydrogen-bond donors (Lipinski definition) is 2. The number of carbonyl (C=O) groups is 3. The Morgan fingerprint density at radius 1 is 1.03 bits per heavy atom. The van der Waals surface area contributed by atoms with Gasteiger partial charge in [-0.15, -0.1) is 6.42 Å². The standard InChI is InChI=1S/C31H49N3O4/c1-11-14-15-20-32-27(35)26(24-18-16-23(12-2)17-19-24)34(31(9,10)13-3)28(36)25(21-22(4)5)33-29(37)38-30(6,7)8/h2,16-19,22,25-26H,11,13-15,20-21H2,1,3-10H3,(H,32,35)(H,33,37). The van der Waals surface area contributed by atoms with Gasteiger partial charge >= 0.3 is 6.09 Å². The van der Waals surface area contributed by atoms with Crippen LogP contribution in [0.25, 0.3) is 0 Å². The van der Waals surface area contributed by atoms with Crippen LogP contribution in [0.15, 0.2) is 24.3 Å². The van der Waals surface area contributed by atoms with Gasteiger partial charge in [0, 0.05) is 17.6 Å². The lowest BCUT2D eigenvalue weighted by Crippen LogP contribution is -2.59. The summed E-state index contributed by atoms with van der Waals surface area (Å²) in [6, 6.07) is 5.39. The van der Waals surface area contributed by atoms with Crippen LogP contribution < -0.4 is 10.6 Å². The summed E-state index contributed by atoms with van der Waals surface area (Å²) >= 11 is 0. The maximum Gasteiger partial charge on any atom is 0.408 e. The molecule has 0 aliphatic rings. The molecule has 3 amide bonds. The summed E-state index contributed by atoms with van der Waals surface area (Å²) in [4.78, 5) is 42.5. The third kappa shape index (κ3) is 10.4. The predicted octanol–water partition coefficient (Wildman–Crippen LogP) is 5.97. The molecule has 1 aromatic carbocycles. The lowest BCUT2D eigenvalue weighted by atomic mass is 9.90. The zero-order valence-electron chi connectivity index (χ0n) is 24.9. The second kappa shape index (κ2) is 14.8. The summed E-state index contributed by atoms with van der Waals surface area (Å²) in [5.41, 5.74) is -0.0596. The van der Waals surface area contributed by atoms with Crippen LogP contribution in [0.1, 0.15) is 112 Å². The van der Waals surface area contributed by atoms with E-state index in [-0.39, 0.29) is 17.7 Å². The van der Waals surface area contributed by atoms with Crippen molar-refractivity contribution in [2.75, 3.05) is 6.54 Å². The van der Waals surface area contributed by atoms with Crippen molar-refractivity contribution >= 4 is 17.9 Å². The minimum absolute atomic E-state index is 0.113. The minimum Gasteiger partial charge on any atom is -0.444 e. The topological polar surface area (TPSA) is 87.7 Å². The first-order valence-electron chi connectivity index (χ1n) is 13.8. The number of amides is 3. The number of unbranched alkanes of at least 4 members (excludes halogenated alkanes) is 2. The first kappa shape index (κ1) is 33.0. The van der Waals surface area contributed by atoms with Crippen LogP contribution in [0, 0.1) is 18.3 Å². The molecule has 0 heterocycles. The largest absolute Gasteiger partial charge is 0.444 e. The second-order valence-corrected chi connectivity index (χ2v) is 11.9. The Kier molecular flexibility index (Phi) is 12.9. The fraction of sp³-hybridized carbons (Fsp3) is 0.645. The van der Waals surface area contributed by atoms with Gasteiger partial charge in [-0.1, -0.05) is 58.6 Å². The molecule has 38 heavy (non-hydrogen) atoms. The molecule has 1 aromatic rings. The molecule has 0 aliphatic carbocycles. The number of nitrogens with one attached hydrogen (secondary N) is 2. The van der Waals surface area contributed by atoms with Crippen LogP contribution in [-0.2, 0) is 14.3 Å². The number of hydrogen-bond acceptors (Lipinski definition) is 4. The van der Waals surface area contributed by atoms with Crippen molar-refractivity contribution in [3.63, 3.8) is 0 Å². The Morgan fingerprint density at radius 2 is 1.63 bits per heavy atom. The van der Waals surface area contributed by atoms with Crippen molar-refractivity contribution in [2.45, 2.75) is 118 Å². The number of benzene rings is 1. The average molecular weight is 528 g/mol. The predicted molar refractivity (Wildman–Crippen MR) is 153 cm³/mol. The van der Waals surface area contributed by atoms with E-state index in [1.54, 1.807) is 49.9 Å². The average Bonchev–Trinajstić information content (AvgIpc) is 2.82. The molecule has 0 saturated heterocycles. The minimum atomic E-state index is -0.902. The van der Waals surface area contributed by atoms with Gasteiger partial charge in [0.2, 0.25) is 11.8 Å². The molecule has 0 fully saturated rings. The van der Waals surface area contributed by atoms with Gasteiger partial charge in [-0.05, 0) is 77.5 Å².